The summed E-state index contributed by atoms with van der Waals surface area (Å²) in [5.74, 6) is -0.843. The molecule has 0 spiro atoms. The summed E-state index contributed by atoms with van der Waals surface area (Å²) in [7, 11) is 1.64. The first kappa shape index (κ1) is 22.1. The van der Waals surface area contributed by atoms with Crippen LogP contribution in [0.1, 0.15) is 17.2 Å². The number of aliphatic imine (C=N–C) groups is 1. The summed E-state index contributed by atoms with van der Waals surface area (Å²) >= 11 is 0. The van der Waals surface area contributed by atoms with E-state index in [1.807, 2.05) is 0 Å². The topological polar surface area (TPSA) is 48.9 Å². The van der Waals surface area contributed by atoms with Crippen LogP contribution in [0, 0.1) is 17.5 Å². The molecule has 30 heavy (non-hydrogen) atoms. The van der Waals surface area contributed by atoms with Crippen molar-refractivity contribution in [2.45, 2.75) is 12.5 Å². The molecule has 2 aromatic rings. The minimum atomic E-state index is -0.552. The predicted octanol–water partition coefficient (Wildman–Crippen LogP) is 2.88. The molecule has 1 atom stereocenters. The molecule has 0 radical (unpaired) electrons. The maximum Gasteiger partial charge on any atom is 0.191 e. The summed E-state index contributed by atoms with van der Waals surface area (Å²) in [4.78, 5) is 6.48. The van der Waals surface area contributed by atoms with Gasteiger partial charge in [-0.1, -0.05) is 18.2 Å². The lowest BCUT2D eigenvalue weighted by molar-refractivity contribution is 0.0170. The van der Waals surface area contributed by atoms with Crippen LogP contribution in [0.25, 0.3) is 0 Å². The molecule has 1 aliphatic rings. The van der Waals surface area contributed by atoms with E-state index >= 15 is 0 Å². The van der Waals surface area contributed by atoms with Gasteiger partial charge in [-0.25, -0.2) is 13.2 Å². The van der Waals surface area contributed by atoms with Gasteiger partial charge in [0.05, 0.1) is 19.3 Å². The first-order valence-electron chi connectivity index (χ1n) is 10.0. The molecule has 2 N–H and O–H groups in total. The number of halogens is 3. The van der Waals surface area contributed by atoms with E-state index in [9.17, 15) is 13.2 Å². The van der Waals surface area contributed by atoms with E-state index in [0.717, 1.165) is 18.7 Å². The molecule has 5 nitrogen and oxygen atoms in total. The van der Waals surface area contributed by atoms with Gasteiger partial charge in [0.25, 0.3) is 0 Å². The summed E-state index contributed by atoms with van der Waals surface area (Å²) in [6, 6.07) is 10.4. The fourth-order valence-electron chi connectivity index (χ4n) is 3.52. The van der Waals surface area contributed by atoms with Crippen molar-refractivity contribution in [3.05, 3.63) is 71.0 Å². The Hall–Kier alpha value is -2.58. The van der Waals surface area contributed by atoms with Crippen molar-refractivity contribution in [1.29, 1.82) is 0 Å². The number of rotatable bonds is 7. The van der Waals surface area contributed by atoms with Gasteiger partial charge in [-0.15, -0.1) is 0 Å². The largest absolute Gasteiger partial charge is 0.379 e. The van der Waals surface area contributed by atoms with Crippen LogP contribution in [0.15, 0.2) is 47.5 Å². The number of hydrogen-bond acceptors (Lipinski definition) is 3. The summed E-state index contributed by atoms with van der Waals surface area (Å²) in [5.41, 5.74) is 1.05. The van der Waals surface area contributed by atoms with Crippen molar-refractivity contribution < 1.29 is 17.9 Å². The van der Waals surface area contributed by atoms with Gasteiger partial charge in [-0.3, -0.25) is 9.89 Å². The van der Waals surface area contributed by atoms with Crippen molar-refractivity contribution in [3.8, 4) is 0 Å². The first-order valence-corrected chi connectivity index (χ1v) is 10.0. The van der Waals surface area contributed by atoms with E-state index in [0.29, 0.717) is 32.3 Å². The monoisotopic (exact) mass is 420 g/mol. The normalized spacial score (nSPS) is 16.3. The van der Waals surface area contributed by atoms with Gasteiger partial charge < -0.3 is 15.4 Å². The Kier molecular flexibility index (Phi) is 8.10. The second-order valence-electron chi connectivity index (χ2n) is 7.05. The van der Waals surface area contributed by atoms with Gasteiger partial charge in [-0.2, -0.15) is 0 Å². The maximum absolute atomic E-state index is 13.8. The van der Waals surface area contributed by atoms with Crippen molar-refractivity contribution in [3.63, 3.8) is 0 Å². The number of guanidine groups is 1. The maximum atomic E-state index is 13.8. The van der Waals surface area contributed by atoms with E-state index in [1.54, 1.807) is 19.2 Å². The lowest BCUT2D eigenvalue weighted by Gasteiger charge is -2.35. The van der Waals surface area contributed by atoms with Crippen LogP contribution in [0.4, 0.5) is 13.2 Å². The highest BCUT2D eigenvalue weighted by Crippen LogP contribution is 2.21. The quantitative estimate of drug-likeness (QED) is 0.534. The summed E-state index contributed by atoms with van der Waals surface area (Å²) < 4.78 is 46.4. The highest BCUT2D eigenvalue weighted by Gasteiger charge is 2.23. The Labute approximate surface area is 174 Å². The molecule has 0 saturated carbocycles. The molecule has 1 heterocycles. The molecule has 1 aliphatic heterocycles. The molecule has 162 valence electrons. The summed E-state index contributed by atoms with van der Waals surface area (Å²) in [6.07, 6.45) is 0.198. The summed E-state index contributed by atoms with van der Waals surface area (Å²) in [5, 5.41) is 6.36. The van der Waals surface area contributed by atoms with E-state index in [4.69, 9.17) is 4.74 Å². The minimum absolute atomic E-state index is 0.0112. The van der Waals surface area contributed by atoms with Crippen LogP contribution in [0.3, 0.4) is 0 Å². The van der Waals surface area contributed by atoms with Crippen molar-refractivity contribution >= 4 is 5.96 Å². The molecule has 0 amide bonds. The average Bonchev–Trinajstić information content (AvgIpc) is 2.76. The third-order valence-corrected chi connectivity index (χ3v) is 5.16. The zero-order valence-corrected chi connectivity index (χ0v) is 17.0. The van der Waals surface area contributed by atoms with Crippen LogP contribution in [0.2, 0.25) is 0 Å². The van der Waals surface area contributed by atoms with Gasteiger partial charge in [0.2, 0.25) is 0 Å². The number of nitrogens with one attached hydrogen (secondary N) is 2. The molecule has 0 bridgehead atoms. The molecule has 8 heteroatoms. The zero-order valence-electron chi connectivity index (χ0n) is 17.0. The Bertz CT molecular complexity index is 819. The number of morpholine rings is 1. The lowest BCUT2D eigenvalue weighted by atomic mass is 10.0. The Morgan fingerprint density at radius 3 is 2.33 bits per heavy atom. The van der Waals surface area contributed by atoms with E-state index < -0.39 is 11.6 Å². The predicted molar refractivity (Wildman–Crippen MR) is 111 cm³/mol. The minimum Gasteiger partial charge on any atom is -0.379 e. The van der Waals surface area contributed by atoms with Crippen LogP contribution in [0.5, 0.6) is 0 Å². The van der Waals surface area contributed by atoms with Gasteiger partial charge in [0, 0.05) is 38.8 Å². The fraction of sp³-hybridized carbons (Fsp3) is 0.409. The molecular formula is C22H27F3N4O. The first-order chi connectivity index (χ1) is 14.6. The third kappa shape index (κ3) is 5.96. The molecule has 2 aromatic carbocycles. The second-order valence-corrected chi connectivity index (χ2v) is 7.05. The average molecular weight is 420 g/mol. The summed E-state index contributed by atoms with van der Waals surface area (Å²) in [6.45, 7) is 3.73. The SMILES string of the molecule is CN=C(NCCc1c(F)cccc1F)NCC(c1ccc(F)cc1)N1CCOCC1. The number of ether oxygens (including phenoxy) is 1. The Balaban J connectivity index is 1.59. The van der Waals surface area contributed by atoms with Crippen molar-refractivity contribution in [2.75, 3.05) is 46.4 Å². The molecule has 0 aliphatic carbocycles. The number of hydrogen-bond donors (Lipinski definition) is 2. The molecule has 1 fully saturated rings. The molecule has 3 rings (SSSR count). The smallest absolute Gasteiger partial charge is 0.191 e. The fourth-order valence-corrected chi connectivity index (χ4v) is 3.52. The number of nitrogens with zero attached hydrogens (tertiary/aromatic N) is 2. The molecule has 0 aromatic heterocycles. The van der Waals surface area contributed by atoms with Crippen molar-refractivity contribution in [2.24, 2.45) is 4.99 Å². The van der Waals surface area contributed by atoms with E-state index in [-0.39, 0.29) is 23.8 Å². The third-order valence-electron chi connectivity index (χ3n) is 5.16. The number of benzene rings is 2. The zero-order chi connectivity index (χ0) is 21.3. The van der Waals surface area contributed by atoms with Crippen LogP contribution < -0.4 is 10.6 Å². The van der Waals surface area contributed by atoms with Crippen LogP contribution in [-0.4, -0.2) is 57.3 Å². The van der Waals surface area contributed by atoms with E-state index in [2.05, 4.69) is 20.5 Å². The highest BCUT2D eigenvalue weighted by atomic mass is 19.1. The molecule has 1 saturated heterocycles. The lowest BCUT2D eigenvalue weighted by Crippen LogP contribution is -2.46. The molecule has 1 unspecified atom stereocenters. The Morgan fingerprint density at radius 2 is 1.70 bits per heavy atom. The van der Waals surface area contributed by atoms with Gasteiger partial charge >= 0.3 is 0 Å². The van der Waals surface area contributed by atoms with Gasteiger partial charge in [0.1, 0.15) is 17.5 Å². The van der Waals surface area contributed by atoms with Crippen LogP contribution in [-0.2, 0) is 11.2 Å². The van der Waals surface area contributed by atoms with Crippen molar-refractivity contribution in [1.82, 2.24) is 15.5 Å². The van der Waals surface area contributed by atoms with Gasteiger partial charge in [-0.05, 0) is 36.2 Å². The van der Waals surface area contributed by atoms with E-state index in [1.165, 1.54) is 30.3 Å². The standard InChI is InChI=1S/C22H27F3N4O/c1-26-22(27-10-9-18-19(24)3-2-4-20(18)25)28-15-21(29-11-13-30-14-12-29)16-5-7-17(23)8-6-16/h2-8,21H,9-15H2,1H3,(H2,26,27,28). The highest BCUT2D eigenvalue weighted by molar-refractivity contribution is 5.79. The second kappa shape index (κ2) is 11.0. The Morgan fingerprint density at radius 1 is 1.03 bits per heavy atom. The molecular weight excluding hydrogens is 393 g/mol. The van der Waals surface area contributed by atoms with Gasteiger partial charge in [0.15, 0.2) is 5.96 Å². The van der Waals surface area contributed by atoms with Crippen LogP contribution >= 0.6 is 0 Å².